The molecule has 4 rings (SSSR count). The minimum Gasteiger partial charge on any atom is -0.496 e. The average Bonchev–Trinajstić information content (AvgIpc) is 3.30. The minimum atomic E-state index is 0.371. The van der Waals surface area contributed by atoms with Crippen LogP contribution in [0, 0.1) is 19.3 Å². The second-order valence-corrected chi connectivity index (χ2v) is 7.87. The van der Waals surface area contributed by atoms with Gasteiger partial charge in [-0.15, -0.1) is 0 Å². The van der Waals surface area contributed by atoms with Crippen molar-refractivity contribution in [1.29, 1.82) is 0 Å². The van der Waals surface area contributed by atoms with Crippen molar-refractivity contribution < 1.29 is 4.74 Å². The summed E-state index contributed by atoms with van der Waals surface area (Å²) in [6.45, 7) is 7.32. The van der Waals surface area contributed by atoms with Gasteiger partial charge in [-0.25, -0.2) is 4.98 Å². The van der Waals surface area contributed by atoms with Crippen LogP contribution in [0.3, 0.4) is 0 Å². The number of nitrogens with zero attached hydrogens (tertiary/aromatic N) is 3. The zero-order valence-electron chi connectivity index (χ0n) is 15.5. The lowest BCUT2D eigenvalue weighted by Crippen LogP contribution is -2.27. The Labute approximate surface area is 149 Å². The molecule has 2 aliphatic rings. The fourth-order valence-corrected chi connectivity index (χ4v) is 4.95. The zero-order valence-corrected chi connectivity index (χ0v) is 15.5. The van der Waals surface area contributed by atoms with Gasteiger partial charge >= 0.3 is 0 Å². The first kappa shape index (κ1) is 16.6. The first-order chi connectivity index (χ1) is 12.1. The van der Waals surface area contributed by atoms with Crippen molar-refractivity contribution in [3.63, 3.8) is 0 Å². The van der Waals surface area contributed by atoms with Crippen LogP contribution in [0.15, 0.2) is 18.2 Å². The lowest BCUT2D eigenvalue weighted by atomic mass is 9.76. The predicted molar refractivity (Wildman–Crippen MR) is 97.8 cm³/mol. The molecule has 1 aromatic heterocycles. The Kier molecular flexibility index (Phi) is 4.28. The van der Waals surface area contributed by atoms with E-state index in [2.05, 4.69) is 45.2 Å². The molecule has 25 heavy (non-hydrogen) atoms. The van der Waals surface area contributed by atoms with Crippen LogP contribution >= 0.6 is 0 Å². The summed E-state index contributed by atoms with van der Waals surface area (Å²) in [4.78, 5) is 7.28. The quantitative estimate of drug-likeness (QED) is 0.924. The summed E-state index contributed by atoms with van der Waals surface area (Å²) >= 11 is 0. The lowest BCUT2D eigenvalue weighted by molar-refractivity contribution is 0.245. The number of aromatic amines is 1. The molecule has 0 bridgehead atoms. The second kappa shape index (κ2) is 6.45. The largest absolute Gasteiger partial charge is 0.496 e. The summed E-state index contributed by atoms with van der Waals surface area (Å²) in [5, 5.41) is 7.56. The first-order valence-electron chi connectivity index (χ1n) is 9.34. The molecule has 2 fully saturated rings. The predicted octanol–water partition coefficient (Wildman–Crippen LogP) is 3.59. The summed E-state index contributed by atoms with van der Waals surface area (Å²) in [6, 6.07) is 6.53. The SMILES string of the molecule is COc1ccc(CN2CC(c3n[nH]c(C)n3)C3(CCCC3)C2)cc1C. The molecule has 1 saturated heterocycles. The van der Waals surface area contributed by atoms with Crippen LogP contribution in [0.25, 0.3) is 0 Å². The number of ether oxygens (including phenoxy) is 1. The smallest absolute Gasteiger partial charge is 0.155 e. The van der Waals surface area contributed by atoms with Crippen LogP contribution in [0.4, 0.5) is 0 Å². The maximum Gasteiger partial charge on any atom is 0.155 e. The van der Waals surface area contributed by atoms with Crippen LogP contribution in [0.5, 0.6) is 5.75 Å². The van der Waals surface area contributed by atoms with Crippen LogP contribution in [-0.4, -0.2) is 40.3 Å². The van der Waals surface area contributed by atoms with Crippen LogP contribution in [0.2, 0.25) is 0 Å². The maximum atomic E-state index is 5.39. The zero-order chi connectivity index (χ0) is 17.4. The molecule has 2 aromatic rings. The van der Waals surface area contributed by atoms with Gasteiger partial charge in [0.05, 0.1) is 7.11 Å². The molecule has 1 aliphatic carbocycles. The van der Waals surface area contributed by atoms with E-state index in [9.17, 15) is 0 Å². The molecule has 1 N–H and O–H groups in total. The van der Waals surface area contributed by atoms with E-state index in [-0.39, 0.29) is 0 Å². The number of rotatable bonds is 4. The van der Waals surface area contributed by atoms with Crippen LogP contribution in [0.1, 0.15) is 54.4 Å². The number of likely N-dealkylation sites (tertiary alicyclic amines) is 1. The maximum absolute atomic E-state index is 5.39. The average molecular weight is 340 g/mol. The highest BCUT2D eigenvalue weighted by molar-refractivity contribution is 5.36. The van der Waals surface area contributed by atoms with Crippen molar-refractivity contribution in [2.45, 2.75) is 52.0 Å². The fraction of sp³-hybridized carbons (Fsp3) is 0.600. The third-order valence-corrected chi connectivity index (χ3v) is 6.11. The Balaban J connectivity index is 1.55. The minimum absolute atomic E-state index is 0.371. The Morgan fingerprint density at radius 1 is 1.28 bits per heavy atom. The van der Waals surface area contributed by atoms with E-state index >= 15 is 0 Å². The topological polar surface area (TPSA) is 54.0 Å². The number of hydrogen-bond donors (Lipinski definition) is 1. The Morgan fingerprint density at radius 3 is 2.72 bits per heavy atom. The number of nitrogens with one attached hydrogen (secondary N) is 1. The van der Waals surface area contributed by atoms with E-state index in [0.29, 0.717) is 11.3 Å². The molecular formula is C20H28N4O. The van der Waals surface area contributed by atoms with Crippen molar-refractivity contribution in [3.05, 3.63) is 41.0 Å². The Bertz CT molecular complexity index is 748. The fourth-order valence-electron chi connectivity index (χ4n) is 4.95. The van der Waals surface area contributed by atoms with E-state index in [0.717, 1.165) is 37.0 Å². The van der Waals surface area contributed by atoms with E-state index < -0.39 is 0 Å². The van der Waals surface area contributed by atoms with Crippen molar-refractivity contribution >= 4 is 0 Å². The Hall–Kier alpha value is -1.88. The van der Waals surface area contributed by atoms with Crippen LogP contribution in [-0.2, 0) is 6.54 Å². The summed E-state index contributed by atoms with van der Waals surface area (Å²) in [7, 11) is 1.73. The summed E-state index contributed by atoms with van der Waals surface area (Å²) < 4.78 is 5.39. The molecule has 0 radical (unpaired) electrons. The molecule has 5 heteroatoms. The van der Waals surface area contributed by atoms with E-state index in [1.54, 1.807) is 7.11 Å². The first-order valence-corrected chi connectivity index (χ1v) is 9.34. The highest BCUT2D eigenvalue weighted by Gasteiger charge is 2.49. The number of aromatic nitrogens is 3. The van der Waals surface area contributed by atoms with Gasteiger partial charge in [0.2, 0.25) is 0 Å². The number of aryl methyl sites for hydroxylation is 2. The number of methoxy groups -OCH3 is 1. The number of H-pyrrole nitrogens is 1. The van der Waals surface area contributed by atoms with E-state index in [4.69, 9.17) is 4.74 Å². The molecule has 1 aliphatic heterocycles. The van der Waals surface area contributed by atoms with E-state index in [1.807, 2.05) is 6.92 Å². The highest BCUT2D eigenvalue weighted by atomic mass is 16.5. The van der Waals surface area contributed by atoms with Gasteiger partial charge < -0.3 is 4.74 Å². The summed E-state index contributed by atoms with van der Waals surface area (Å²) in [5.41, 5.74) is 2.94. The van der Waals surface area contributed by atoms with Gasteiger partial charge in [0.15, 0.2) is 5.82 Å². The molecule has 1 aromatic carbocycles. The van der Waals surface area contributed by atoms with Crippen molar-refractivity contribution in [2.75, 3.05) is 20.2 Å². The second-order valence-electron chi connectivity index (χ2n) is 7.87. The molecule has 1 atom stereocenters. The molecule has 0 amide bonds. The molecule has 1 saturated carbocycles. The molecule has 1 unspecified atom stereocenters. The number of benzene rings is 1. The van der Waals surface area contributed by atoms with Crippen molar-refractivity contribution in [1.82, 2.24) is 20.1 Å². The van der Waals surface area contributed by atoms with Crippen LogP contribution < -0.4 is 4.74 Å². The molecule has 1 spiro atoms. The molecular weight excluding hydrogens is 312 g/mol. The monoisotopic (exact) mass is 340 g/mol. The third-order valence-electron chi connectivity index (χ3n) is 6.11. The molecule has 2 heterocycles. The normalized spacial score (nSPS) is 22.8. The summed E-state index contributed by atoms with van der Waals surface area (Å²) in [5.74, 6) is 3.37. The van der Waals surface area contributed by atoms with Gasteiger partial charge in [-0.05, 0) is 49.3 Å². The van der Waals surface area contributed by atoms with Gasteiger partial charge in [0.25, 0.3) is 0 Å². The van der Waals surface area contributed by atoms with Gasteiger partial charge in [-0.2, -0.15) is 5.10 Å². The van der Waals surface area contributed by atoms with Gasteiger partial charge in [-0.1, -0.05) is 25.0 Å². The Morgan fingerprint density at radius 2 is 2.08 bits per heavy atom. The summed E-state index contributed by atoms with van der Waals surface area (Å²) in [6.07, 6.45) is 5.30. The molecule has 5 nitrogen and oxygen atoms in total. The standard InChI is InChI=1S/C20H28N4O/c1-14-10-16(6-7-18(14)25-3)11-24-12-17(19-21-15(2)22-23-19)20(13-24)8-4-5-9-20/h6-7,10,17H,4-5,8-9,11-13H2,1-3H3,(H,21,22,23). The van der Waals surface area contributed by atoms with Crippen molar-refractivity contribution in [2.24, 2.45) is 5.41 Å². The highest BCUT2D eigenvalue weighted by Crippen LogP contribution is 2.52. The van der Waals surface area contributed by atoms with Gasteiger partial charge in [0.1, 0.15) is 11.6 Å². The van der Waals surface area contributed by atoms with Gasteiger partial charge in [-0.3, -0.25) is 10.00 Å². The van der Waals surface area contributed by atoms with E-state index in [1.165, 1.54) is 36.8 Å². The number of hydrogen-bond acceptors (Lipinski definition) is 4. The molecule has 134 valence electrons. The lowest BCUT2D eigenvalue weighted by Gasteiger charge is -2.28. The van der Waals surface area contributed by atoms with Crippen molar-refractivity contribution in [3.8, 4) is 5.75 Å². The van der Waals surface area contributed by atoms with Gasteiger partial charge in [0, 0.05) is 25.6 Å². The third kappa shape index (κ3) is 3.06.